The first-order valence-electron chi connectivity index (χ1n) is 9.50. The van der Waals surface area contributed by atoms with E-state index in [0.717, 1.165) is 29.3 Å². The maximum atomic E-state index is 13.2. The Morgan fingerprint density at radius 1 is 1.14 bits per heavy atom. The Labute approximate surface area is 174 Å². The number of nitrogens with one attached hydrogen (secondary N) is 1. The number of methoxy groups -OCH3 is 1. The van der Waals surface area contributed by atoms with Crippen molar-refractivity contribution in [2.75, 3.05) is 43.6 Å². The van der Waals surface area contributed by atoms with Crippen LogP contribution in [0.2, 0.25) is 0 Å². The number of morpholine rings is 1. The minimum Gasteiger partial charge on any atom is -0.495 e. The Bertz CT molecular complexity index is 995. The number of carbonyl (C=O) groups is 1. The quantitative estimate of drug-likeness (QED) is 0.684. The first kappa shape index (κ1) is 19.4. The summed E-state index contributed by atoms with van der Waals surface area (Å²) in [7, 11) is 1.59. The molecule has 4 rings (SSSR count). The Morgan fingerprint density at radius 2 is 1.86 bits per heavy atom. The van der Waals surface area contributed by atoms with E-state index < -0.39 is 0 Å². The van der Waals surface area contributed by atoms with Crippen molar-refractivity contribution in [2.24, 2.45) is 0 Å². The SMILES string of the molecule is COc1ccccc1NC(=O)c1sc(N2CCOCC2)nc1-c1ccc(C)cc1. The van der Waals surface area contributed by atoms with Crippen LogP contribution in [0.4, 0.5) is 10.8 Å². The third-order valence-corrected chi connectivity index (χ3v) is 5.90. The number of amides is 1. The van der Waals surface area contributed by atoms with Crippen LogP contribution in [0.25, 0.3) is 11.3 Å². The van der Waals surface area contributed by atoms with Gasteiger partial charge in [-0.3, -0.25) is 4.79 Å². The molecule has 1 amide bonds. The lowest BCUT2D eigenvalue weighted by molar-refractivity contribution is 0.103. The average Bonchev–Trinajstić information content (AvgIpc) is 3.21. The summed E-state index contributed by atoms with van der Waals surface area (Å²) < 4.78 is 10.8. The Balaban J connectivity index is 1.70. The highest BCUT2D eigenvalue weighted by atomic mass is 32.1. The lowest BCUT2D eigenvalue weighted by Gasteiger charge is -2.26. The van der Waals surface area contributed by atoms with Crippen molar-refractivity contribution >= 4 is 28.1 Å². The number of carbonyl (C=O) groups excluding carboxylic acids is 1. The van der Waals surface area contributed by atoms with Crippen molar-refractivity contribution in [1.29, 1.82) is 0 Å². The van der Waals surface area contributed by atoms with Crippen molar-refractivity contribution in [2.45, 2.75) is 6.92 Å². The zero-order valence-corrected chi connectivity index (χ0v) is 17.3. The second-order valence-corrected chi connectivity index (χ2v) is 7.77. The number of para-hydroxylation sites is 2. The van der Waals surface area contributed by atoms with Gasteiger partial charge in [0.1, 0.15) is 10.6 Å². The van der Waals surface area contributed by atoms with E-state index in [9.17, 15) is 4.79 Å². The van der Waals surface area contributed by atoms with Crippen molar-refractivity contribution in [3.63, 3.8) is 0 Å². The normalized spacial score (nSPS) is 13.9. The zero-order chi connectivity index (χ0) is 20.2. The number of rotatable bonds is 5. The maximum absolute atomic E-state index is 13.2. The van der Waals surface area contributed by atoms with Gasteiger partial charge in [0.05, 0.1) is 31.7 Å². The van der Waals surface area contributed by atoms with Gasteiger partial charge in [0.25, 0.3) is 5.91 Å². The molecule has 0 aliphatic carbocycles. The van der Waals surface area contributed by atoms with Crippen LogP contribution in [0.3, 0.4) is 0 Å². The second-order valence-electron chi connectivity index (χ2n) is 6.79. The van der Waals surface area contributed by atoms with Crippen LogP contribution in [0.1, 0.15) is 15.2 Å². The van der Waals surface area contributed by atoms with E-state index >= 15 is 0 Å². The van der Waals surface area contributed by atoms with E-state index in [0.29, 0.717) is 35.2 Å². The van der Waals surface area contributed by atoms with Crippen LogP contribution in [0.15, 0.2) is 48.5 Å². The Morgan fingerprint density at radius 3 is 2.59 bits per heavy atom. The summed E-state index contributed by atoms with van der Waals surface area (Å²) in [5.74, 6) is 0.428. The van der Waals surface area contributed by atoms with Crippen LogP contribution >= 0.6 is 11.3 Å². The van der Waals surface area contributed by atoms with E-state index in [-0.39, 0.29) is 5.91 Å². The molecular formula is C22H23N3O3S. The van der Waals surface area contributed by atoms with Crippen LogP contribution in [0.5, 0.6) is 5.75 Å². The molecule has 1 N–H and O–H groups in total. The van der Waals surface area contributed by atoms with Gasteiger partial charge in [-0.15, -0.1) is 0 Å². The average molecular weight is 410 g/mol. The van der Waals surface area contributed by atoms with Crippen molar-refractivity contribution in [3.05, 3.63) is 59.0 Å². The topological polar surface area (TPSA) is 63.7 Å². The highest BCUT2D eigenvalue weighted by molar-refractivity contribution is 7.18. The fourth-order valence-electron chi connectivity index (χ4n) is 3.19. The van der Waals surface area contributed by atoms with Crippen molar-refractivity contribution in [3.8, 4) is 17.0 Å². The molecule has 29 heavy (non-hydrogen) atoms. The molecule has 7 heteroatoms. The van der Waals surface area contributed by atoms with Crippen molar-refractivity contribution in [1.82, 2.24) is 4.98 Å². The molecule has 0 unspecified atom stereocenters. The van der Waals surface area contributed by atoms with Gasteiger partial charge in [-0.05, 0) is 19.1 Å². The van der Waals surface area contributed by atoms with E-state index in [1.165, 1.54) is 11.3 Å². The van der Waals surface area contributed by atoms with Gasteiger partial charge >= 0.3 is 0 Å². The van der Waals surface area contributed by atoms with Crippen LogP contribution in [0, 0.1) is 6.92 Å². The smallest absolute Gasteiger partial charge is 0.268 e. The Hall–Kier alpha value is -2.90. The van der Waals surface area contributed by atoms with Gasteiger partial charge in [-0.2, -0.15) is 0 Å². The first-order chi connectivity index (χ1) is 14.2. The predicted molar refractivity (Wildman–Crippen MR) is 116 cm³/mol. The van der Waals surface area contributed by atoms with Crippen LogP contribution < -0.4 is 15.0 Å². The fourth-order valence-corrected chi connectivity index (χ4v) is 4.22. The molecule has 0 bridgehead atoms. The summed E-state index contributed by atoms with van der Waals surface area (Å²) in [5, 5.41) is 3.82. The number of hydrogen-bond acceptors (Lipinski definition) is 6. The van der Waals surface area contributed by atoms with Gasteiger partial charge in [-0.1, -0.05) is 53.3 Å². The molecule has 6 nitrogen and oxygen atoms in total. The molecule has 3 aromatic rings. The number of nitrogens with zero attached hydrogens (tertiary/aromatic N) is 2. The minimum atomic E-state index is -0.193. The van der Waals surface area contributed by atoms with E-state index in [1.807, 2.05) is 55.5 Å². The number of hydrogen-bond donors (Lipinski definition) is 1. The highest BCUT2D eigenvalue weighted by Crippen LogP contribution is 2.35. The largest absolute Gasteiger partial charge is 0.495 e. The van der Waals surface area contributed by atoms with E-state index in [2.05, 4.69) is 10.2 Å². The minimum absolute atomic E-state index is 0.193. The fraction of sp³-hybridized carbons (Fsp3) is 0.273. The molecule has 2 heterocycles. The standard InChI is InChI=1S/C22H23N3O3S/c1-15-7-9-16(10-8-15)19-20(29-22(24-19)25-11-13-28-14-12-25)21(26)23-17-5-3-4-6-18(17)27-2/h3-10H,11-14H2,1-2H3,(H,23,26). The molecule has 2 aromatic carbocycles. The van der Waals surface area contributed by atoms with Gasteiger partial charge in [0.15, 0.2) is 5.13 Å². The third-order valence-electron chi connectivity index (χ3n) is 4.78. The van der Waals surface area contributed by atoms with Gasteiger partial charge in [0, 0.05) is 18.7 Å². The third kappa shape index (κ3) is 4.26. The van der Waals surface area contributed by atoms with E-state index in [1.54, 1.807) is 7.11 Å². The lowest BCUT2D eigenvalue weighted by Crippen LogP contribution is -2.36. The monoisotopic (exact) mass is 409 g/mol. The number of thiazole rings is 1. The molecule has 0 atom stereocenters. The molecule has 0 radical (unpaired) electrons. The molecule has 0 saturated carbocycles. The maximum Gasteiger partial charge on any atom is 0.268 e. The second kappa shape index (κ2) is 8.63. The van der Waals surface area contributed by atoms with Gasteiger partial charge < -0.3 is 19.7 Å². The summed E-state index contributed by atoms with van der Waals surface area (Å²) in [5.41, 5.74) is 3.43. The molecular weight excluding hydrogens is 386 g/mol. The number of aromatic nitrogens is 1. The summed E-state index contributed by atoms with van der Waals surface area (Å²) in [4.78, 5) is 20.8. The lowest BCUT2D eigenvalue weighted by atomic mass is 10.1. The molecule has 150 valence electrons. The molecule has 1 aliphatic rings. The number of anilines is 2. The molecule has 1 saturated heterocycles. The molecule has 1 fully saturated rings. The zero-order valence-electron chi connectivity index (χ0n) is 16.5. The summed E-state index contributed by atoms with van der Waals surface area (Å²) in [6, 6.07) is 15.5. The van der Waals surface area contributed by atoms with Gasteiger partial charge in [0.2, 0.25) is 0 Å². The number of aryl methyl sites for hydroxylation is 1. The summed E-state index contributed by atoms with van der Waals surface area (Å²) in [6.07, 6.45) is 0. The highest BCUT2D eigenvalue weighted by Gasteiger charge is 2.24. The molecule has 1 aromatic heterocycles. The number of ether oxygens (including phenoxy) is 2. The Kier molecular flexibility index (Phi) is 5.78. The molecule has 1 aliphatic heterocycles. The first-order valence-corrected chi connectivity index (χ1v) is 10.3. The number of benzene rings is 2. The van der Waals surface area contributed by atoms with Crippen LogP contribution in [-0.4, -0.2) is 44.3 Å². The molecule has 0 spiro atoms. The van der Waals surface area contributed by atoms with Crippen molar-refractivity contribution < 1.29 is 14.3 Å². The summed E-state index contributed by atoms with van der Waals surface area (Å²) >= 11 is 1.41. The van der Waals surface area contributed by atoms with Gasteiger partial charge in [-0.25, -0.2) is 4.98 Å². The van der Waals surface area contributed by atoms with Crippen LogP contribution in [-0.2, 0) is 4.74 Å². The predicted octanol–water partition coefficient (Wildman–Crippen LogP) is 4.22. The van der Waals surface area contributed by atoms with E-state index in [4.69, 9.17) is 14.5 Å². The summed E-state index contributed by atoms with van der Waals surface area (Å²) in [6.45, 7) is 4.92.